The Morgan fingerprint density at radius 2 is 1.94 bits per heavy atom. The fraction of sp³-hybridized carbons (Fsp3) is 0.333. The van der Waals surface area contributed by atoms with Gasteiger partial charge in [-0.15, -0.1) is 0 Å². The molecule has 0 unspecified atom stereocenters. The Hall–Kier alpha value is -1.88. The van der Waals surface area contributed by atoms with Gasteiger partial charge in [0.2, 0.25) is 11.8 Å². The lowest BCUT2D eigenvalue weighted by Gasteiger charge is -2.10. The molecule has 17 heavy (non-hydrogen) atoms. The quantitative estimate of drug-likeness (QED) is 0.684. The third-order valence-electron chi connectivity index (χ3n) is 2.29. The topological polar surface area (TPSA) is 84.2 Å². The summed E-state index contributed by atoms with van der Waals surface area (Å²) in [6, 6.07) is 7.22. The standard InChI is InChI=1S/C12H17N3O2/c1-14-12(17)8-9-4-2-3-5-10(9)15-11(16)6-7-13/h2-5H,6-8,13H2,1H3,(H,14,17)(H,15,16). The zero-order valence-electron chi connectivity index (χ0n) is 9.82. The molecule has 0 aliphatic rings. The van der Waals surface area contributed by atoms with Crippen molar-refractivity contribution in [3.63, 3.8) is 0 Å². The van der Waals surface area contributed by atoms with Crippen LogP contribution >= 0.6 is 0 Å². The van der Waals surface area contributed by atoms with E-state index in [0.717, 1.165) is 5.56 Å². The maximum absolute atomic E-state index is 11.4. The molecule has 1 rings (SSSR count). The minimum Gasteiger partial charge on any atom is -0.359 e. The number of amides is 2. The summed E-state index contributed by atoms with van der Waals surface area (Å²) < 4.78 is 0. The summed E-state index contributed by atoms with van der Waals surface area (Å²) in [5.41, 5.74) is 6.75. The van der Waals surface area contributed by atoms with Gasteiger partial charge in [0, 0.05) is 25.7 Å². The van der Waals surface area contributed by atoms with E-state index in [1.165, 1.54) is 0 Å². The van der Waals surface area contributed by atoms with E-state index in [2.05, 4.69) is 10.6 Å². The van der Waals surface area contributed by atoms with Crippen LogP contribution in [-0.2, 0) is 16.0 Å². The Morgan fingerprint density at radius 3 is 2.59 bits per heavy atom. The second kappa shape index (κ2) is 6.65. The highest BCUT2D eigenvalue weighted by Gasteiger charge is 2.08. The third-order valence-corrected chi connectivity index (χ3v) is 2.29. The molecule has 2 amide bonds. The fourth-order valence-corrected chi connectivity index (χ4v) is 1.40. The molecule has 0 bridgehead atoms. The Bertz CT molecular complexity index is 404. The van der Waals surface area contributed by atoms with Crippen LogP contribution < -0.4 is 16.4 Å². The molecule has 92 valence electrons. The second-order valence-corrected chi connectivity index (χ2v) is 3.59. The summed E-state index contributed by atoms with van der Waals surface area (Å²) in [4.78, 5) is 22.7. The van der Waals surface area contributed by atoms with Crippen LogP contribution in [0.5, 0.6) is 0 Å². The molecule has 5 heteroatoms. The van der Waals surface area contributed by atoms with Gasteiger partial charge in [0.15, 0.2) is 0 Å². The molecule has 0 aliphatic carbocycles. The van der Waals surface area contributed by atoms with Crippen molar-refractivity contribution in [3.8, 4) is 0 Å². The van der Waals surface area contributed by atoms with Crippen molar-refractivity contribution in [1.29, 1.82) is 0 Å². The van der Waals surface area contributed by atoms with Crippen LogP contribution in [0.4, 0.5) is 5.69 Å². The van der Waals surface area contributed by atoms with E-state index in [1.807, 2.05) is 18.2 Å². The maximum Gasteiger partial charge on any atom is 0.225 e. The first-order chi connectivity index (χ1) is 8.17. The molecule has 5 nitrogen and oxygen atoms in total. The minimum absolute atomic E-state index is 0.0921. The number of rotatable bonds is 5. The molecule has 1 aromatic carbocycles. The molecule has 1 aromatic rings. The Kier molecular flexibility index (Phi) is 5.16. The predicted octanol–water partition coefficient (Wildman–Crippen LogP) is 0.262. The summed E-state index contributed by atoms with van der Waals surface area (Å²) in [5.74, 6) is -0.234. The second-order valence-electron chi connectivity index (χ2n) is 3.59. The van der Waals surface area contributed by atoms with Crippen molar-refractivity contribution >= 4 is 17.5 Å². The lowest BCUT2D eigenvalue weighted by atomic mass is 10.1. The van der Waals surface area contributed by atoms with Crippen LogP contribution in [0.3, 0.4) is 0 Å². The largest absolute Gasteiger partial charge is 0.359 e. The van der Waals surface area contributed by atoms with Crippen molar-refractivity contribution < 1.29 is 9.59 Å². The van der Waals surface area contributed by atoms with Crippen LogP contribution in [0.25, 0.3) is 0 Å². The normalized spacial score (nSPS) is 9.76. The van der Waals surface area contributed by atoms with Crippen LogP contribution in [0.2, 0.25) is 0 Å². The smallest absolute Gasteiger partial charge is 0.225 e. The molecule has 0 heterocycles. The van der Waals surface area contributed by atoms with E-state index in [4.69, 9.17) is 5.73 Å². The Balaban J connectivity index is 2.77. The van der Waals surface area contributed by atoms with Gasteiger partial charge in [-0.25, -0.2) is 0 Å². The summed E-state index contributed by atoms with van der Waals surface area (Å²) in [5, 5.41) is 5.29. The van der Waals surface area contributed by atoms with Gasteiger partial charge in [-0.2, -0.15) is 0 Å². The molecule has 0 aliphatic heterocycles. The third kappa shape index (κ3) is 4.24. The van der Waals surface area contributed by atoms with Gasteiger partial charge in [0.1, 0.15) is 0 Å². The van der Waals surface area contributed by atoms with E-state index < -0.39 is 0 Å². The maximum atomic E-state index is 11.4. The molecular formula is C12H17N3O2. The molecule has 0 aromatic heterocycles. The first-order valence-electron chi connectivity index (χ1n) is 5.45. The first-order valence-corrected chi connectivity index (χ1v) is 5.45. The fourth-order valence-electron chi connectivity index (χ4n) is 1.40. The van der Waals surface area contributed by atoms with E-state index >= 15 is 0 Å². The molecule has 0 spiro atoms. The zero-order valence-corrected chi connectivity index (χ0v) is 9.82. The van der Waals surface area contributed by atoms with Crippen molar-refractivity contribution in [2.24, 2.45) is 5.73 Å². The number of carbonyl (C=O) groups is 2. The highest BCUT2D eigenvalue weighted by molar-refractivity contribution is 5.92. The number of benzene rings is 1. The van der Waals surface area contributed by atoms with E-state index in [-0.39, 0.29) is 24.7 Å². The number of nitrogens with one attached hydrogen (secondary N) is 2. The van der Waals surface area contributed by atoms with Gasteiger partial charge in [0.05, 0.1) is 6.42 Å². The van der Waals surface area contributed by atoms with Crippen LogP contribution in [-0.4, -0.2) is 25.4 Å². The van der Waals surface area contributed by atoms with Gasteiger partial charge in [-0.3, -0.25) is 9.59 Å². The molecule has 0 saturated heterocycles. The molecule has 0 saturated carbocycles. The molecule has 0 radical (unpaired) electrons. The van der Waals surface area contributed by atoms with Crippen molar-refractivity contribution in [3.05, 3.63) is 29.8 Å². The summed E-state index contributed by atoms with van der Waals surface area (Å²) in [6.45, 7) is 0.309. The van der Waals surface area contributed by atoms with Crippen molar-refractivity contribution in [1.82, 2.24) is 5.32 Å². The lowest BCUT2D eigenvalue weighted by molar-refractivity contribution is -0.120. The average Bonchev–Trinajstić information content (AvgIpc) is 2.31. The number of likely N-dealkylation sites (N-methyl/N-ethyl adjacent to an activating group) is 1. The van der Waals surface area contributed by atoms with Crippen LogP contribution in [0, 0.1) is 0 Å². The number of para-hydroxylation sites is 1. The number of anilines is 1. The minimum atomic E-state index is -0.142. The summed E-state index contributed by atoms with van der Waals surface area (Å²) in [6.07, 6.45) is 0.518. The van der Waals surface area contributed by atoms with Crippen LogP contribution in [0.15, 0.2) is 24.3 Å². The summed E-state index contributed by atoms with van der Waals surface area (Å²) >= 11 is 0. The van der Waals surface area contributed by atoms with Gasteiger partial charge < -0.3 is 16.4 Å². The first kappa shape index (κ1) is 13.2. The molecule has 4 N–H and O–H groups in total. The number of hydrogen-bond donors (Lipinski definition) is 3. The molecule has 0 atom stereocenters. The number of hydrogen-bond acceptors (Lipinski definition) is 3. The highest BCUT2D eigenvalue weighted by Crippen LogP contribution is 2.15. The SMILES string of the molecule is CNC(=O)Cc1ccccc1NC(=O)CCN. The van der Waals surface area contributed by atoms with Gasteiger partial charge in [0.25, 0.3) is 0 Å². The summed E-state index contributed by atoms with van der Waals surface area (Å²) in [7, 11) is 1.58. The lowest BCUT2D eigenvalue weighted by Crippen LogP contribution is -2.22. The van der Waals surface area contributed by atoms with Crippen LogP contribution in [0.1, 0.15) is 12.0 Å². The van der Waals surface area contributed by atoms with Gasteiger partial charge in [-0.1, -0.05) is 18.2 Å². The highest BCUT2D eigenvalue weighted by atomic mass is 16.2. The van der Waals surface area contributed by atoms with E-state index in [0.29, 0.717) is 12.2 Å². The van der Waals surface area contributed by atoms with E-state index in [1.54, 1.807) is 13.1 Å². The number of carbonyl (C=O) groups excluding carboxylic acids is 2. The van der Waals surface area contributed by atoms with E-state index in [9.17, 15) is 9.59 Å². The van der Waals surface area contributed by atoms with Gasteiger partial charge >= 0.3 is 0 Å². The molecule has 0 fully saturated rings. The Labute approximate surface area is 100 Å². The number of nitrogens with two attached hydrogens (primary N) is 1. The average molecular weight is 235 g/mol. The van der Waals surface area contributed by atoms with Crippen molar-refractivity contribution in [2.75, 3.05) is 18.9 Å². The van der Waals surface area contributed by atoms with Gasteiger partial charge in [-0.05, 0) is 11.6 Å². The monoisotopic (exact) mass is 235 g/mol. The van der Waals surface area contributed by atoms with Crippen molar-refractivity contribution in [2.45, 2.75) is 12.8 Å². The Morgan fingerprint density at radius 1 is 1.24 bits per heavy atom. The zero-order chi connectivity index (χ0) is 12.7. The molecular weight excluding hydrogens is 218 g/mol. The predicted molar refractivity (Wildman–Crippen MR) is 66.5 cm³/mol.